The number of rotatable bonds is 4. The van der Waals surface area contributed by atoms with E-state index in [2.05, 4.69) is 20.6 Å². The molecule has 1 fully saturated rings. The van der Waals surface area contributed by atoms with Gasteiger partial charge in [-0.2, -0.15) is 0 Å². The molecular formula is C13H23IN4OS. The zero-order valence-electron chi connectivity index (χ0n) is 12.2. The summed E-state index contributed by atoms with van der Waals surface area (Å²) in [6.45, 7) is 5.32. The summed E-state index contributed by atoms with van der Waals surface area (Å²) in [4.78, 5) is 9.79. The van der Waals surface area contributed by atoms with Gasteiger partial charge in [0.05, 0.1) is 22.8 Å². The molecule has 2 rings (SSSR count). The lowest BCUT2D eigenvalue weighted by Gasteiger charge is -2.36. The molecule has 1 saturated carbocycles. The molecule has 1 aromatic rings. The van der Waals surface area contributed by atoms with E-state index in [1.54, 1.807) is 18.4 Å². The summed E-state index contributed by atoms with van der Waals surface area (Å²) in [5.74, 6) is 0.728. The molecule has 0 amide bonds. The third-order valence-electron chi connectivity index (χ3n) is 3.51. The molecule has 7 heteroatoms. The van der Waals surface area contributed by atoms with Crippen molar-refractivity contribution in [2.75, 3.05) is 13.6 Å². The van der Waals surface area contributed by atoms with E-state index in [1.165, 1.54) is 4.88 Å². The molecule has 1 heterocycles. The van der Waals surface area contributed by atoms with E-state index >= 15 is 0 Å². The third-order valence-corrected chi connectivity index (χ3v) is 4.58. The average Bonchev–Trinajstić information content (AvgIpc) is 2.66. The lowest BCUT2D eigenvalue weighted by molar-refractivity contribution is -0.0279. The second kappa shape index (κ2) is 7.56. The van der Waals surface area contributed by atoms with Gasteiger partial charge in [-0.1, -0.05) is 0 Å². The molecule has 1 aliphatic carbocycles. The topological polar surface area (TPSA) is 69.5 Å². The van der Waals surface area contributed by atoms with Gasteiger partial charge in [0, 0.05) is 18.5 Å². The second-order valence-corrected chi connectivity index (χ2v) is 6.39. The highest BCUT2D eigenvalue weighted by Gasteiger charge is 2.34. The zero-order chi connectivity index (χ0) is 13.9. The van der Waals surface area contributed by atoms with Crippen molar-refractivity contribution >= 4 is 41.3 Å². The molecule has 1 aliphatic rings. The Balaban J connectivity index is 0.00000200. The van der Waals surface area contributed by atoms with Crippen LogP contribution >= 0.6 is 35.3 Å². The Morgan fingerprint density at radius 3 is 2.55 bits per heavy atom. The number of aliphatic imine (C=N–C) groups is 1. The van der Waals surface area contributed by atoms with Crippen molar-refractivity contribution in [1.82, 2.24) is 15.6 Å². The van der Waals surface area contributed by atoms with Crippen molar-refractivity contribution in [3.63, 3.8) is 0 Å². The van der Waals surface area contributed by atoms with Gasteiger partial charge in [0.1, 0.15) is 0 Å². The van der Waals surface area contributed by atoms with E-state index in [0.29, 0.717) is 6.54 Å². The summed E-state index contributed by atoms with van der Waals surface area (Å²) in [6.07, 6.45) is 2.87. The van der Waals surface area contributed by atoms with E-state index < -0.39 is 5.60 Å². The summed E-state index contributed by atoms with van der Waals surface area (Å²) in [7, 11) is 1.74. The first-order valence-electron chi connectivity index (χ1n) is 6.62. The molecule has 20 heavy (non-hydrogen) atoms. The average molecular weight is 410 g/mol. The van der Waals surface area contributed by atoms with Crippen LogP contribution in [0.3, 0.4) is 0 Å². The van der Waals surface area contributed by atoms with Crippen LogP contribution in [0.5, 0.6) is 0 Å². The highest BCUT2D eigenvalue weighted by Crippen LogP contribution is 2.30. The Morgan fingerprint density at radius 2 is 2.10 bits per heavy atom. The van der Waals surface area contributed by atoms with Crippen molar-refractivity contribution in [3.05, 3.63) is 15.6 Å². The Bertz CT molecular complexity index is 471. The minimum Gasteiger partial charge on any atom is -0.388 e. The molecule has 1 aromatic heterocycles. The van der Waals surface area contributed by atoms with Crippen LogP contribution in [0.25, 0.3) is 0 Å². The van der Waals surface area contributed by atoms with Crippen LogP contribution in [0, 0.1) is 13.8 Å². The molecule has 0 aliphatic heterocycles. The first-order valence-corrected chi connectivity index (χ1v) is 7.44. The van der Waals surface area contributed by atoms with Gasteiger partial charge < -0.3 is 15.7 Å². The monoisotopic (exact) mass is 410 g/mol. The Hall–Kier alpha value is -0.410. The molecule has 0 bridgehead atoms. The number of halogens is 1. The van der Waals surface area contributed by atoms with Crippen molar-refractivity contribution in [2.24, 2.45) is 4.99 Å². The molecule has 114 valence electrons. The number of aromatic nitrogens is 1. The normalized spacial score (nSPS) is 17.1. The number of nitrogens with zero attached hydrogens (tertiary/aromatic N) is 2. The van der Waals surface area contributed by atoms with Gasteiger partial charge in [-0.05, 0) is 33.1 Å². The number of hydrogen-bond acceptors (Lipinski definition) is 4. The van der Waals surface area contributed by atoms with Crippen LogP contribution in [0.1, 0.15) is 34.8 Å². The SMILES string of the molecule is CN=C(NCc1sc(C)nc1C)NCC1(O)CCC1.I. The lowest BCUT2D eigenvalue weighted by atomic mass is 9.80. The predicted molar refractivity (Wildman–Crippen MR) is 94.0 cm³/mol. The van der Waals surface area contributed by atoms with Crippen molar-refractivity contribution in [3.8, 4) is 0 Å². The standard InChI is InChI=1S/C13H22N4OS.HI/c1-9-11(19-10(2)17-9)7-15-12(14-3)16-8-13(18)5-4-6-13;/h18H,4-8H2,1-3H3,(H2,14,15,16);1H. The van der Waals surface area contributed by atoms with Gasteiger partial charge in [0.2, 0.25) is 0 Å². The van der Waals surface area contributed by atoms with Crippen LogP contribution < -0.4 is 10.6 Å². The number of guanidine groups is 1. The fraction of sp³-hybridized carbons (Fsp3) is 0.692. The molecule has 0 aromatic carbocycles. The first kappa shape index (κ1) is 17.6. The zero-order valence-corrected chi connectivity index (χ0v) is 15.3. The van der Waals surface area contributed by atoms with Crippen LogP contribution in [0.4, 0.5) is 0 Å². The van der Waals surface area contributed by atoms with Crippen LogP contribution in [-0.4, -0.2) is 35.2 Å². The summed E-state index contributed by atoms with van der Waals surface area (Å²) in [5.41, 5.74) is 0.539. The van der Waals surface area contributed by atoms with Crippen molar-refractivity contribution in [1.29, 1.82) is 0 Å². The Kier molecular flexibility index (Phi) is 6.67. The van der Waals surface area contributed by atoms with Gasteiger partial charge in [0.15, 0.2) is 5.96 Å². The minimum absolute atomic E-state index is 0. The summed E-state index contributed by atoms with van der Waals surface area (Å²) >= 11 is 1.70. The molecule has 0 unspecified atom stereocenters. The largest absolute Gasteiger partial charge is 0.388 e. The molecule has 0 atom stereocenters. The van der Waals surface area contributed by atoms with Crippen molar-refractivity contribution < 1.29 is 5.11 Å². The Labute approximate surface area is 141 Å². The molecule has 3 N–H and O–H groups in total. The molecule has 5 nitrogen and oxygen atoms in total. The summed E-state index contributed by atoms with van der Waals surface area (Å²) in [5, 5.41) is 17.6. The summed E-state index contributed by atoms with van der Waals surface area (Å²) in [6, 6.07) is 0. The molecule has 0 radical (unpaired) electrons. The van der Waals surface area contributed by atoms with E-state index in [0.717, 1.165) is 42.5 Å². The maximum absolute atomic E-state index is 10.0. The van der Waals surface area contributed by atoms with E-state index in [1.807, 2.05) is 13.8 Å². The predicted octanol–water partition coefficient (Wildman–Crippen LogP) is 1.96. The number of aliphatic hydroxyl groups is 1. The quantitative estimate of drug-likeness (QED) is 0.403. The molecule has 0 saturated heterocycles. The van der Waals surface area contributed by atoms with Crippen molar-refractivity contribution in [2.45, 2.75) is 45.3 Å². The number of nitrogens with one attached hydrogen (secondary N) is 2. The van der Waals surface area contributed by atoms with E-state index in [4.69, 9.17) is 0 Å². The van der Waals surface area contributed by atoms with Gasteiger partial charge in [0.25, 0.3) is 0 Å². The molecular weight excluding hydrogens is 387 g/mol. The van der Waals surface area contributed by atoms with Gasteiger partial charge in [-0.3, -0.25) is 4.99 Å². The minimum atomic E-state index is -0.533. The third kappa shape index (κ3) is 4.56. The second-order valence-electron chi connectivity index (χ2n) is 5.10. The maximum atomic E-state index is 10.0. The fourth-order valence-corrected chi connectivity index (χ4v) is 3.01. The van der Waals surface area contributed by atoms with Gasteiger partial charge >= 0.3 is 0 Å². The van der Waals surface area contributed by atoms with Gasteiger partial charge in [-0.25, -0.2) is 4.98 Å². The first-order chi connectivity index (χ1) is 9.02. The van der Waals surface area contributed by atoms with Crippen LogP contribution in [0.15, 0.2) is 4.99 Å². The van der Waals surface area contributed by atoms with Crippen LogP contribution in [0.2, 0.25) is 0 Å². The highest BCUT2D eigenvalue weighted by atomic mass is 127. The van der Waals surface area contributed by atoms with E-state index in [-0.39, 0.29) is 24.0 Å². The molecule has 0 spiro atoms. The fourth-order valence-electron chi connectivity index (χ4n) is 2.13. The maximum Gasteiger partial charge on any atom is 0.191 e. The van der Waals surface area contributed by atoms with Gasteiger partial charge in [-0.15, -0.1) is 35.3 Å². The summed E-state index contributed by atoms with van der Waals surface area (Å²) < 4.78 is 0. The number of thiazole rings is 1. The number of hydrogen-bond donors (Lipinski definition) is 3. The lowest BCUT2D eigenvalue weighted by Crippen LogP contribution is -2.50. The van der Waals surface area contributed by atoms with Crippen LogP contribution in [-0.2, 0) is 6.54 Å². The Morgan fingerprint density at radius 1 is 1.40 bits per heavy atom. The smallest absolute Gasteiger partial charge is 0.191 e. The highest BCUT2D eigenvalue weighted by molar-refractivity contribution is 14.0. The van der Waals surface area contributed by atoms with E-state index in [9.17, 15) is 5.11 Å². The number of aryl methyl sites for hydroxylation is 2.